The van der Waals surface area contributed by atoms with Crippen molar-refractivity contribution in [3.05, 3.63) is 12.2 Å². The number of carbonyl (C=O) groups excluding carboxylic acids is 1. The van der Waals surface area contributed by atoms with Gasteiger partial charge in [-0.25, -0.2) is 8.78 Å². The van der Waals surface area contributed by atoms with Gasteiger partial charge in [-0.1, -0.05) is 6.08 Å². The Labute approximate surface area is 81.4 Å². The Morgan fingerprint density at radius 3 is 2.50 bits per heavy atom. The van der Waals surface area contributed by atoms with E-state index < -0.39 is 17.8 Å². The van der Waals surface area contributed by atoms with E-state index in [0.717, 1.165) is 0 Å². The molecule has 1 N–H and O–H groups in total. The molecule has 1 amide bonds. The minimum atomic E-state index is -2.44. The smallest absolute Gasteiger partial charge is 0.254 e. The number of alkyl halides is 2. The predicted molar refractivity (Wildman–Crippen MR) is 47.9 cm³/mol. The number of nitrogens with one attached hydrogen (secondary N) is 1. The molecule has 2 aliphatic rings. The van der Waals surface area contributed by atoms with Crippen LogP contribution in [0.4, 0.5) is 8.78 Å². The molecule has 0 spiro atoms. The summed E-state index contributed by atoms with van der Waals surface area (Å²) < 4.78 is 25.5. The van der Waals surface area contributed by atoms with Crippen LogP contribution in [0.3, 0.4) is 0 Å². The maximum Gasteiger partial charge on any atom is 0.254 e. The molecule has 0 aliphatic heterocycles. The molecule has 2 nitrogen and oxygen atoms in total. The molecule has 14 heavy (non-hydrogen) atoms. The van der Waals surface area contributed by atoms with E-state index in [2.05, 4.69) is 5.32 Å². The molecule has 0 heterocycles. The lowest BCUT2D eigenvalue weighted by atomic mass is 10.1. The summed E-state index contributed by atoms with van der Waals surface area (Å²) >= 11 is 0. The maximum absolute atomic E-state index is 12.8. The van der Waals surface area contributed by atoms with Crippen LogP contribution < -0.4 is 5.32 Å². The van der Waals surface area contributed by atoms with Crippen molar-refractivity contribution in [2.75, 3.05) is 0 Å². The van der Waals surface area contributed by atoms with Crippen molar-refractivity contribution in [2.24, 2.45) is 11.8 Å². The summed E-state index contributed by atoms with van der Waals surface area (Å²) in [5.41, 5.74) is 0. The molecule has 2 atom stereocenters. The van der Waals surface area contributed by atoms with Gasteiger partial charge in [-0.15, -0.1) is 0 Å². The summed E-state index contributed by atoms with van der Waals surface area (Å²) in [6.07, 6.45) is 3.92. The van der Waals surface area contributed by atoms with E-state index in [-0.39, 0.29) is 11.9 Å². The van der Waals surface area contributed by atoms with Crippen molar-refractivity contribution in [1.82, 2.24) is 5.32 Å². The quantitative estimate of drug-likeness (QED) is 0.677. The van der Waals surface area contributed by atoms with Crippen molar-refractivity contribution >= 4 is 5.91 Å². The molecular weight excluding hydrogens is 188 g/mol. The second-order valence-corrected chi connectivity index (χ2v) is 4.06. The Balaban J connectivity index is 1.81. The summed E-state index contributed by atoms with van der Waals surface area (Å²) in [5.74, 6) is -3.57. The molecular formula is C10H13F2NO. The molecule has 2 unspecified atom stereocenters. The van der Waals surface area contributed by atoms with Crippen molar-refractivity contribution in [1.29, 1.82) is 0 Å². The minimum Gasteiger partial charge on any atom is -0.350 e. The zero-order valence-corrected chi connectivity index (χ0v) is 7.97. The molecule has 2 aliphatic carbocycles. The molecule has 2 rings (SSSR count). The van der Waals surface area contributed by atoms with E-state index in [1.54, 1.807) is 13.0 Å². The first kappa shape index (κ1) is 9.62. The summed E-state index contributed by atoms with van der Waals surface area (Å²) in [4.78, 5) is 11.1. The van der Waals surface area contributed by atoms with E-state index in [9.17, 15) is 13.6 Å². The van der Waals surface area contributed by atoms with E-state index in [0.29, 0.717) is 12.8 Å². The topological polar surface area (TPSA) is 29.1 Å². The highest BCUT2D eigenvalue weighted by Crippen LogP contribution is 2.63. The number of amides is 1. The van der Waals surface area contributed by atoms with Gasteiger partial charge < -0.3 is 5.32 Å². The van der Waals surface area contributed by atoms with E-state index in [1.165, 1.54) is 6.08 Å². The number of halogens is 2. The highest BCUT2D eigenvalue weighted by atomic mass is 19.3. The first-order valence-corrected chi connectivity index (χ1v) is 4.86. The van der Waals surface area contributed by atoms with Gasteiger partial charge in [-0.3, -0.25) is 4.79 Å². The average Bonchev–Trinajstić information content (AvgIpc) is 2.49. The zero-order valence-electron chi connectivity index (χ0n) is 7.97. The van der Waals surface area contributed by atoms with Crippen LogP contribution >= 0.6 is 0 Å². The van der Waals surface area contributed by atoms with Crippen LogP contribution in [0, 0.1) is 11.8 Å². The highest BCUT2D eigenvalue weighted by molar-refractivity contribution is 5.87. The van der Waals surface area contributed by atoms with Crippen LogP contribution in [-0.4, -0.2) is 17.9 Å². The van der Waals surface area contributed by atoms with Crippen LogP contribution in [0.5, 0.6) is 0 Å². The van der Waals surface area contributed by atoms with Crippen molar-refractivity contribution < 1.29 is 13.6 Å². The summed E-state index contributed by atoms with van der Waals surface area (Å²) in [6.45, 7) is 1.75. The van der Waals surface area contributed by atoms with E-state index >= 15 is 0 Å². The monoisotopic (exact) mass is 201 g/mol. The Morgan fingerprint density at radius 2 is 2.00 bits per heavy atom. The lowest BCUT2D eigenvalue weighted by Gasteiger charge is -2.14. The van der Waals surface area contributed by atoms with Crippen molar-refractivity contribution in [3.63, 3.8) is 0 Å². The maximum atomic E-state index is 12.8. The van der Waals surface area contributed by atoms with Gasteiger partial charge in [0.2, 0.25) is 5.91 Å². The fraction of sp³-hybridized carbons (Fsp3) is 0.700. The van der Waals surface area contributed by atoms with Crippen LogP contribution in [0.25, 0.3) is 0 Å². The Hall–Kier alpha value is -0.930. The molecule has 0 saturated heterocycles. The van der Waals surface area contributed by atoms with Crippen molar-refractivity contribution in [3.8, 4) is 0 Å². The Morgan fingerprint density at radius 1 is 1.43 bits per heavy atom. The highest BCUT2D eigenvalue weighted by Gasteiger charge is 2.71. The number of hydrogen-bond acceptors (Lipinski definition) is 1. The van der Waals surface area contributed by atoms with Gasteiger partial charge in [0, 0.05) is 17.9 Å². The number of carbonyl (C=O) groups is 1. The van der Waals surface area contributed by atoms with Gasteiger partial charge in [-0.05, 0) is 25.8 Å². The van der Waals surface area contributed by atoms with Crippen LogP contribution in [-0.2, 0) is 4.79 Å². The third kappa shape index (κ3) is 1.42. The zero-order chi connectivity index (χ0) is 10.3. The van der Waals surface area contributed by atoms with Crippen LogP contribution in [0.15, 0.2) is 12.2 Å². The van der Waals surface area contributed by atoms with Crippen LogP contribution in [0.2, 0.25) is 0 Å². The Kier molecular flexibility index (Phi) is 2.09. The molecule has 0 aromatic rings. The van der Waals surface area contributed by atoms with Gasteiger partial charge in [-0.2, -0.15) is 0 Å². The normalized spacial score (nSPS) is 38.4. The molecule has 0 aromatic heterocycles. The number of fused-ring (bicyclic) bond motifs is 1. The predicted octanol–water partition coefficient (Wildman–Crippen LogP) is 1.72. The molecule has 2 fully saturated rings. The van der Waals surface area contributed by atoms with Gasteiger partial charge >= 0.3 is 0 Å². The largest absolute Gasteiger partial charge is 0.350 e. The third-order valence-corrected chi connectivity index (χ3v) is 3.11. The molecule has 0 radical (unpaired) electrons. The fourth-order valence-electron chi connectivity index (χ4n) is 2.33. The molecule has 0 bridgehead atoms. The van der Waals surface area contributed by atoms with Crippen LogP contribution in [0.1, 0.15) is 19.8 Å². The number of hydrogen-bond donors (Lipinski definition) is 1. The van der Waals surface area contributed by atoms with Gasteiger partial charge in [0.15, 0.2) is 0 Å². The average molecular weight is 201 g/mol. The first-order chi connectivity index (χ1) is 6.55. The second-order valence-electron chi connectivity index (χ2n) is 4.06. The van der Waals surface area contributed by atoms with E-state index in [1.807, 2.05) is 0 Å². The fourth-order valence-corrected chi connectivity index (χ4v) is 2.33. The number of allylic oxidation sites excluding steroid dienone is 1. The van der Waals surface area contributed by atoms with Gasteiger partial charge in [0.05, 0.1) is 0 Å². The standard InChI is InChI=1S/C10H13F2NO/c1-2-3-9(14)13-6-4-7-8(5-6)10(7,11)12/h2-3,6-8H,4-5H2,1H3,(H,13,14)/b3-2+. The Bertz CT molecular complexity index is 274. The lowest BCUT2D eigenvalue weighted by molar-refractivity contribution is -0.117. The molecule has 78 valence electrons. The molecule has 4 heteroatoms. The first-order valence-electron chi connectivity index (χ1n) is 4.86. The van der Waals surface area contributed by atoms with Gasteiger partial charge in [0.1, 0.15) is 0 Å². The van der Waals surface area contributed by atoms with Gasteiger partial charge in [0.25, 0.3) is 5.92 Å². The molecule has 2 saturated carbocycles. The van der Waals surface area contributed by atoms with Crippen molar-refractivity contribution in [2.45, 2.75) is 31.7 Å². The minimum absolute atomic E-state index is 0.0478. The SMILES string of the molecule is C/C=C/C(=O)NC1CC2C(C1)C2(F)F. The second kappa shape index (κ2) is 3.04. The number of rotatable bonds is 2. The summed E-state index contributed by atoms with van der Waals surface area (Å²) in [5, 5.41) is 2.72. The third-order valence-electron chi connectivity index (χ3n) is 3.11. The lowest BCUT2D eigenvalue weighted by Crippen LogP contribution is -2.33. The summed E-state index contributed by atoms with van der Waals surface area (Å²) in [6, 6.07) is -0.0478. The summed E-state index contributed by atoms with van der Waals surface area (Å²) in [7, 11) is 0. The molecule has 0 aromatic carbocycles. The van der Waals surface area contributed by atoms with E-state index in [4.69, 9.17) is 0 Å².